The van der Waals surface area contributed by atoms with E-state index in [0.717, 1.165) is 18.5 Å². The third-order valence-corrected chi connectivity index (χ3v) is 2.68. The molecule has 0 unspecified atom stereocenters. The molecule has 3 heteroatoms. The van der Waals surface area contributed by atoms with Gasteiger partial charge in [0.1, 0.15) is 5.15 Å². The normalized spacial score (nSPS) is 20.2. The summed E-state index contributed by atoms with van der Waals surface area (Å²) in [6.07, 6.45) is 3.26. The average Bonchev–Trinajstić information content (AvgIpc) is 2.00. The molecule has 0 bridgehead atoms. The van der Waals surface area contributed by atoms with E-state index in [1.54, 1.807) is 6.07 Å². The molecule has 1 aromatic heterocycles. The van der Waals surface area contributed by atoms with Crippen LogP contribution in [0.4, 0.5) is 0 Å². The zero-order valence-corrected chi connectivity index (χ0v) is 7.51. The monoisotopic (exact) mass is 182 g/mol. The molecule has 1 saturated carbocycles. The summed E-state index contributed by atoms with van der Waals surface area (Å²) in [5.41, 5.74) is 6.81. The molecule has 2 N–H and O–H groups in total. The summed E-state index contributed by atoms with van der Waals surface area (Å²) in [5, 5.41) is 0.532. The van der Waals surface area contributed by atoms with Gasteiger partial charge < -0.3 is 5.73 Å². The van der Waals surface area contributed by atoms with E-state index in [-0.39, 0.29) is 5.54 Å². The van der Waals surface area contributed by atoms with E-state index < -0.39 is 0 Å². The zero-order valence-electron chi connectivity index (χ0n) is 6.76. The summed E-state index contributed by atoms with van der Waals surface area (Å²) in [5.74, 6) is 0. The highest BCUT2D eigenvalue weighted by Crippen LogP contribution is 2.37. The number of rotatable bonds is 1. The highest BCUT2D eigenvalue weighted by Gasteiger charge is 2.35. The maximum Gasteiger partial charge on any atom is 0.129 e. The minimum atomic E-state index is -0.190. The molecule has 2 nitrogen and oxygen atoms in total. The van der Waals surface area contributed by atoms with E-state index in [9.17, 15) is 0 Å². The van der Waals surface area contributed by atoms with Crippen molar-refractivity contribution in [1.29, 1.82) is 0 Å². The first-order chi connectivity index (χ1) is 5.71. The van der Waals surface area contributed by atoms with Gasteiger partial charge in [-0.1, -0.05) is 17.7 Å². The van der Waals surface area contributed by atoms with E-state index in [4.69, 9.17) is 17.3 Å². The lowest BCUT2D eigenvalue weighted by atomic mass is 9.75. The van der Waals surface area contributed by atoms with Crippen LogP contribution >= 0.6 is 11.6 Å². The Morgan fingerprint density at radius 2 is 2.17 bits per heavy atom. The molecule has 0 atom stereocenters. The molecule has 1 fully saturated rings. The van der Waals surface area contributed by atoms with Crippen molar-refractivity contribution in [3.8, 4) is 0 Å². The summed E-state index contributed by atoms with van der Waals surface area (Å²) in [6, 6.07) is 5.62. The van der Waals surface area contributed by atoms with Gasteiger partial charge in [0.2, 0.25) is 0 Å². The molecule has 1 heterocycles. The third kappa shape index (κ3) is 1.21. The first-order valence-corrected chi connectivity index (χ1v) is 4.50. The van der Waals surface area contributed by atoms with Crippen molar-refractivity contribution in [3.05, 3.63) is 29.0 Å². The molecule has 1 aliphatic carbocycles. The maximum atomic E-state index is 6.07. The molecule has 2 rings (SSSR count). The lowest BCUT2D eigenvalue weighted by Crippen LogP contribution is -2.43. The first kappa shape index (κ1) is 8.02. The second-order valence-corrected chi connectivity index (χ2v) is 3.74. The number of hydrogen-bond donors (Lipinski definition) is 1. The average molecular weight is 183 g/mol. The highest BCUT2D eigenvalue weighted by molar-refractivity contribution is 6.29. The van der Waals surface area contributed by atoms with Crippen LogP contribution in [0.1, 0.15) is 25.0 Å². The largest absolute Gasteiger partial charge is 0.320 e. The number of hydrogen-bond acceptors (Lipinski definition) is 2. The smallest absolute Gasteiger partial charge is 0.129 e. The van der Waals surface area contributed by atoms with Crippen molar-refractivity contribution in [2.24, 2.45) is 5.73 Å². The second-order valence-electron chi connectivity index (χ2n) is 3.36. The topological polar surface area (TPSA) is 38.9 Å². The second kappa shape index (κ2) is 2.71. The first-order valence-electron chi connectivity index (χ1n) is 4.13. The Labute approximate surface area is 76.7 Å². The fourth-order valence-electron chi connectivity index (χ4n) is 1.50. The standard InChI is InChI=1S/C9H11ClN2/c10-8-4-1-3-7(12-8)9(11)5-2-6-9/h1,3-4H,2,5-6,11H2. The summed E-state index contributed by atoms with van der Waals surface area (Å²) in [4.78, 5) is 4.21. The summed E-state index contributed by atoms with van der Waals surface area (Å²) >= 11 is 5.77. The lowest BCUT2D eigenvalue weighted by Gasteiger charge is -2.37. The predicted octanol–water partition coefficient (Wildman–Crippen LogP) is 2.07. The molecule has 0 radical (unpaired) electrons. The fraction of sp³-hybridized carbons (Fsp3) is 0.444. The van der Waals surface area contributed by atoms with Crippen LogP contribution in [-0.2, 0) is 5.54 Å². The third-order valence-electron chi connectivity index (χ3n) is 2.47. The SMILES string of the molecule is NC1(c2cccc(Cl)n2)CCC1. The number of aromatic nitrogens is 1. The summed E-state index contributed by atoms with van der Waals surface area (Å²) in [6.45, 7) is 0. The van der Waals surface area contributed by atoms with E-state index in [0.29, 0.717) is 5.15 Å². The van der Waals surface area contributed by atoms with Crippen LogP contribution in [0, 0.1) is 0 Å². The van der Waals surface area contributed by atoms with Crippen molar-refractivity contribution in [2.45, 2.75) is 24.8 Å². The van der Waals surface area contributed by atoms with Crippen molar-refractivity contribution < 1.29 is 0 Å². The van der Waals surface area contributed by atoms with E-state index in [1.807, 2.05) is 12.1 Å². The highest BCUT2D eigenvalue weighted by atomic mass is 35.5. The minimum absolute atomic E-state index is 0.190. The van der Waals surface area contributed by atoms with Crippen molar-refractivity contribution >= 4 is 11.6 Å². The molecular weight excluding hydrogens is 172 g/mol. The molecular formula is C9H11ClN2. The van der Waals surface area contributed by atoms with Gasteiger partial charge >= 0.3 is 0 Å². The van der Waals surface area contributed by atoms with Gasteiger partial charge in [0.15, 0.2) is 0 Å². The Balaban J connectivity index is 2.33. The molecule has 0 aromatic carbocycles. The van der Waals surface area contributed by atoms with Gasteiger partial charge in [0, 0.05) is 0 Å². The Morgan fingerprint density at radius 1 is 1.42 bits per heavy atom. The molecule has 64 valence electrons. The molecule has 12 heavy (non-hydrogen) atoms. The van der Waals surface area contributed by atoms with Gasteiger partial charge in [-0.05, 0) is 31.4 Å². The van der Waals surface area contributed by atoms with E-state index >= 15 is 0 Å². The van der Waals surface area contributed by atoms with Gasteiger partial charge in [-0.15, -0.1) is 0 Å². The van der Waals surface area contributed by atoms with Crippen molar-refractivity contribution in [2.75, 3.05) is 0 Å². The van der Waals surface area contributed by atoms with Gasteiger partial charge in [-0.3, -0.25) is 0 Å². The van der Waals surface area contributed by atoms with E-state index in [2.05, 4.69) is 4.98 Å². The quantitative estimate of drug-likeness (QED) is 0.676. The van der Waals surface area contributed by atoms with Crippen LogP contribution in [0.2, 0.25) is 5.15 Å². The van der Waals surface area contributed by atoms with Crippen LogP contribution in [0.3, 0.4) is 0 Å². The lowest BCUT2D eigenvalue weighted by molar-refractivity contribution is 0.246. The van der Waals surface area contributed by atoms with Crippen LogP contribution in [0.25, 0.3) is 0 Å². The van der Waals surface area contributed by atoms with Crippen molar-refractivity contribution in [3.63, 3.8) is 0 Å². The fourth-order valence-corrected chi connectivity index (χ4v) is 1.66. The van der Waals surface area contributed by atoms with Gasteiger partial charge in [0.25, 0.3) is 0 Å². The molecule has 0 amide bonds. The van der Waals surface area contributed by atoms with Gasteiger partial charge in [-0.2, -0.15) is 0 Å². The number of nitrogens with two attached hydrogens (primary N) is 1. The Bertz CT molecular complexity index is 294. The molecule has 0 aliphatic heterocycles. The van der Waals surface area contributed by atoms with E-state index in [1.165, 1.54) is 6.42 Å². The minimum Gasteiger partial charge on any atom is -0.320 e. The molecule has 0 saturated heterocycles. The van der Waals surface area contributed by atoms with Gasteiger partial charge in [0.05, 0.1) is 11.2 Å². The molecule has 1 aliphatic rings. The van der Waals surface area contributed by atoms with Crippen LogP contribution in [-0.4, -0.2) is 4.98 Å². The molecule has 0 spiro atoms. The Kier molecular flexibility index (Phi) is 1.81. The summed E-state index contributed by atoms with van der Waals surface area (Å²) < 4.78 is 0. The van der Waals surface area contributed by atoms with Crippen LogP contribution in [0.5, 0.6) is 0 Å². The predicted molar refractivity (Wildman–Crippen MR) is 49.0 cm³/mol. The number of pyridine rings is 1. The number of halogens is 1. The van der Waals surface area contributed by atoms with Crippen LogP contribution < -0.4 is 5.73 Å². The Hall–Kier alpha value is -0.600. The molecule has 1 aromatic rings. The zero-order chi connectivity index (χ0) is 8.60. The maximum absolute atomic E-state index is 6.07. The van der Waals surface area contributed by atoms with Gasteiger partial charge in [-0.25, -0.2) is 4.98 Å². The summed E-state index contributed by atoms with van der Waals surface area (Å²) in [7, 11) is 0. The van der Waals surface area contributed by atoms with Crippen LogP contribution in [0.15, 0.2) is 18.2 Å². The number of nitrogens with zero attached hydrogens (tertiary/aromatic N) is 1. The Morgan fingerprint density at radius 3 is 2.67 bits per heavy atom. The van der Waals surface area contributed by atoms with Crippen molar-refractivity contribution in [1.82, 2.24) is 4.98 Å².